The molecule has 108 valence electrons. The molecule has 0 fully saturated rings. The highest BCUT2D eigenvalue weighted by molar-refractivity contribution is 5.59. The van der Waals surface area contributed by atoms with E-state index >= 15 is 0 Å². The molecule has 1 unspecified atom stereocenters. The van der Waals surface area contributed by atoms with E-state index in [0.29, 0.717) is 5.82 Å². The van der Waals surface area contributed by atoms with Crippen molar-refractivity contribution >= 4 is 17.2 Å². The smallest absolute Gasteiger partial charge is 0.174 e. The third-order valence-electron chi connectivity index (χ3n) is 3.19. The number of hydrogen-bond acceptors (Lipinski definition) is 6. The SMILES string of the molecule is Nc1ccc(C2CN(c3c(F)ccc(N)c3F)N=N2)cn1. The molecule has 0 saturated carbocycles. The van der Waals surface area contributed by atoms with Crippen LogP contribution in [0.2, 0.25) is 0 Å². The molecule has 3 rings (SSSR count). The Morgan fingerprint density at radius 2 is 1.95 bits per heavy atom. The van der Waals surface area contributed by atoms with Crippen molar-refractivity contribution in [3.8, 4) is 0 Å². The minimum Gasteiger partial charge on any atom is -0.396 e. The van der Waals surface area contributed by atoms with E-state index in [2.05, 4.69) is 15.3 Å². The van der Waals surface area contributed by atoms with Crippen LogP contribution in [0.5, 0.6) is 0 Å². The summed E-state index contributed by atoms with van der Waals surface area (Å²) in [6.45, 7) is 0.197. The molecule has 1 atom stereocenters. The Hall–Kier alpha value is -2.77. The van der Waals surface area contributed by atoms with Gasteiger partial charge < -0.3 is 11.5 Å². The fourth-order valence-electron chi connectivity index (χ4n) is 2.08. The summed E-state index contributed by atoms with van der Waals surface area (Å²) < 4.78 is 27.8. The number of nitrogens with two attached hydrogens (primary N) is 2. The van der Waals surface area contributed by atoms with Crippen LogP contribution in [0.15, 0.2) is 40.8 Å². The number of anilines is 3. The molecule has 21 heavy (non-hydrogen) atoms. The monoisotopic (exact) mass is 290 g/mol. The Morgan fingerprint density at radius 1 is 1.14 bits per heavy atom. The van der Waals surface area contributed by atoms with E-state index in [1.807, 2.05) is 0 Å². The van der Waals surface area contributed by atoms with Gasteiger partial charge in [-0.15, -0.1) is 0 Å². The highest BCUT2D eigenvalue weighted by Crippen LogP contribution is 2.33. The molecule has 0 bridgehead atoms. The second-order valence-corrected chi connectivity index (χ2v) is 4.62. The number of hydrogen-bond donors (Lipinski definition) is 2. The zero-order chi connectivity index (χ0) is 15.0. The van der Waals surface area contributed by atoms with Gasteiger partial charge in [0.2, 0.25) is 0 Å². The van der Waals surface area contributed by atoms with E-state index < -0.39 is 11.6 Å². The van der Waals surface area contributed by atoms with Crippen LogP contribution >= 0.6 is 0 Å². The van der Waals surface area contributed by atoms with Gasteiger partial charge in [-0.2, -0.15) is 5.11 Å². The molecule has 0 saturated heterocycles. The lowest BCUT2D eigenvalue weighted by molar-refractivity contribution is 0.577. The summed E-state index contributed by atoms with van der Waals surface area (Å²) in [5, 5.41) is 8.97. The van der Waals surface area contributed by atoms with Gasteiger partial charge in [0.05, 0.1) is 12.2 Å². The van der Waals surface area contributed by atoms with E-state index in [1.165, 1.54) is 6.07 Å². The van der Waals surface area contributed by atoms with Gasteiger partial charge in [0.15, 0.2) is 11.6 Å². The molecule has 1 aliphatic rings. The quantitative estimate of drug-likeness (QED) is 0.831. The summed E-state index contributed by atoms with van der Waals surface area (Å²) in [6.07, 6.45) is 1.56. The van der Waals surface area contributed by atoms with E-state index in [9.17, 15) is 8.78 Å². The summed E-state index contributed by atoms with van der Waals surface area (Å²) in [4.78, 5) is 3.96. The molecule has 0 radical (unpaired) electrons. The molecule has 1 aromatic heterocycles. The molecule has 1 aromatic carbocycles. The molecular formula is C13H12F2N6. The minimum atomic E-state index is -0.843. The molecule has 0 amide bonds. The number of pyridine rings is 1. The Balaban J connectivity index is 1.87. The fourth-order valence-corrected chi connectivity index (χ4v) is 2.08. The zero-order valence-electron chi connectivity index (χ0n) is 10.9. The standard InChI is InChI=1S/C13H12F2N6/c14-8-2-3-9(16)12(15)13(8)21-6-10(19-20-21)7-1-4-11(17)18-5-7/h1-5,10H,6,16H2,(H2,17,18). The van der Waals surface area contributed by atoms with Crippen LogP contribution in [0.25, 0.3) is 0 Å². The first-order valence-electron chi connectivity index (χ1n) is 6.19. The third-order valence-corrected chi connectivity index (χ3v) is 3.19. The Bertz CT molecular complexity index is 701. The van der Waals surface area contributed by atoms with Gasteiger partial charge >= 0.3 is 0 Å². The Kier molecular flexibility index (Phi) is 3.13. The highest BCUT2D eigenvalue weighted by atomic mass is 19.1. The average molecular weight is 290 g/mol. The number of nitrogens with zero attached hydrogens (tertiary/aromatic N) is 4. The van der Waals surface area contributed by atoms with Gasteiger partial charge in [0, 0.05) is 6.20 Å². The lowest BCUT2D eigenvalue weighted by Crippen LogP contribution is -2.19. The van der Waals surface area contributed by atoms with Gasteiger partial charge in [-0.05, 0) is 23.8 Å². The molecule has 1 aliphatic heterocycles. The summed E-state index contributed by atoms with van der Waals surface area (Å²) in [6, 6.07) is 5.29. The second kappa shape index (κ2) is 4.97. The van der Waals surface area contributed by atoms with E-state index in [0.717, 1.165) is 16.6 Å². The van der Waals surface area contributed by atoms with Crippen molar-refractivity contribution in [1.82, 2.24) is 4.98 Å². The van der Waals surface area contributed by atoms with Crippen molar-refractivity contribution in [1.29, 1.82) is 0 Å². The highest BCUT2D eigenvalue weighted by Gasteiger charge is 2.27. The predicted octanol–water partition coefficient (Wildman–Crippen LogP) is 2.45. The lowest BCUT2D eigenvalue weighted by Gasteiger charge is -2.16. The van der Waals surface area contributed by atoms with Gasteiger partial charge in [-0.25, -0.2) is 18.8 Å². The van der Waals surface area contributed by atoms with Gasteiger partial charge in [0.25, 0.3) is 0 Å². The Morgan fingerprint density at radius 3 is 2.67 bits per heavy atom. The van der Waals surface area contributed by atoms with Crippen LogP contribution < -0.4 is 16.5 Å². The zero-order valence-corrected chi connectivity index (χ0v) is 10.9. The molecule has 4 N–H and O–H groups in total. The van der Waals surface area contributed by atoms with Crippen molar-refractivity contribution in [3.05, 3.63) is 47.7 Å². The first-order valence-corrected chi connectivity index (χ1v) is 6.19. The van der Waals surface area contributed by atoms with Crippen molar-refractivity contribution in [3.63, 3.8) is 0 Å². The molecule has 0 spiro atoms. The largest absolute Gasteiger partial charge is 0.396 e. The number of rotatable bonds is 2. The maximum absolute atomic E-state index is 14.0. The number of benzene rings is 1. The predicted molar refractivity (Wildman–Crippen MR) is 74.4 cm³/mol. The van der Waals surface area contributed by atoms with Crippen molar-refractivity contribution in [2.45, 2.75) is 6.04 Å². The minimum absolute atomic E-state index is 0.140. The lowest BCUT2D eigenvalue weighted by atomic mass is 10.1. The summed E-state index contributed by atoms with van der Waals surface area (Å²) >= 11 is 0. The molecule has 8 heteroatoms. The average Bonchev–Trinajstić information content (AvgIpc) is 2.94. The molecule has 2 aromatic rings. The molecule has 2 heterocycles. The fraction of sp³-hybridized carbons (Fsp3) is 0.154. The van der Waals surface area contributed by atoms with E-state index in [4.69, 9.17) is 11.5 Å². The summed E-state index contributed by atoms with van der Waals surface area (Å²) in [5.74, 6) is -1.19. The van der Waals surface area contributed by atoms with Gasteiger partial charge in [-0.1, -0.05) is 11.3 Å². The van der Waals surface area contributed by atoms with Crippen LogP contribution in [0, 0.1) is 11.6 Å². The first kappa shape index (κ1) is 13.2. The first-order chi connectivity index (χ1) is 10.1. The van der Waals surface area contributed by atoms with Gasteiger partial charge in [-0.3, -0.25) is 0 Å². The number of halogens is 2. The van der Waals surface area contributed by atoms with Crippen molar-refractivity contribution in [2.24, 2.45) is 10.3 Å². The van der Waals surface area contributed by atoms with Crippen molar-refractivity contribution in [2.75, 3.05) is 23.0 Å². The second-order valence-electron chi connectivity index (χ2n) is 4.62. The molecule has 0 aliphatic carbocycles. The van der Waals surface area contributed by atoms with Gasteiger partial charge in [0.1, 0.15) is 17.5 Å². The van der Waals surface area contributed by atoms with E-state index in [1.54, 1.807) is 18.3 Å². The normalized spacial score (nSPS) is 17.4. The maximum atomic E-state index is 14.0. The number of aromatic nitrogens is 1. The number of nitrogen functional groups attached to an aromatic ring is 2. The van der Waals surface area contributed by atoms with Crippen LogP contribution in [-0.4, -0.2) is 11.5 Å². The summed E-state index contributed by atoms with van der Waals surface area (Å²) in [5.41, 5.74) is 11.3. The van der Waals surface area contributed by atoms with Crippen LogP contribution in [0.4, 0.5) is 26.0 Å². The Labute approximate surface area is 119 Å². The summed E-state index contributed by atoms with van der Waals surface area (Å²) in [7, 11) is 0. The van der Waals surface area contributed by atoms with Crippen molar-refractivity contribution < 1.29 is 8.78 Å². The van der Waals surface area contributed by atoms with Crippen LogP contribution in [0.1, 0.15) is 11.6 Å². The molecule has 6 nitrogen and oxygen atoms in total. The maximum Gasteiger partial charge on any atom is 0.174 e. The van der Waals surface area contributed by atoms with Crippen LogP contribution in [-0.2, 0) is 0 Å². The topological polar surface area (TPSA) is 92.9 Å². The third kappa shape index (κ3) is 2.35. The molecular weight excluding hydrogens is 278 g/mol. The van der Waals surface area contributed by atoms with Crippen LogP contribution in [0.3, 0.4) is 0 Å². The van der Waals surface area contributed by atoms with E-state index in [-0.39, 0.29) is 24.0 Å².